The number of piperidine rings is 1. The molecule has 61 heavy (non-hydrogen) atoms. The Bertz CT molecular complexity index is 2620. The largest absolute Gasteiger partial charge is 0.357 e. The first kappa shape index (κ1) is 41.9. The average molecular weight is 861 g/mol. The molecule has 5 aromatic rings. The van der Waals surface area contributed by atoms with Crippen molar-refractivity contribution in [2.24, 2.45) is 5.92 Å². The highest BCUT2D eigenvalue weighted by Crippen LogP contribution is 2.38. The van der Waals surface area contributed by atoms with Crippen LogP contribution in [0.15, 0.2) is 77.9 Å². The molecule has 3 aromatic heterocycles. The molecular formula is C45H46ClFN10O3S. The molecule has 8 rings (SSSR count). The predicted molar refractivity (Wildman–Crippen MR) is 240 cm³/mol. The van der Waals surface area contributed by atoms with Crippen LogP contribution in [0.2, 0.25) is 5.02 Å². The van der Waals surface area contributed by atoms with Crippen LogP contribution in [0.5, 0.6) is 0 Å². The third-order valence-corrected chi connectivity index (χ3v) is 12.7. The summed E-state index contributed by atoms with van der Waals surface area (Å²) >= 11 is 11.9. The molecule has 0 unspecified atom stereocenters. The number of carbonyl (C=O) groups excluding carboxylic acids is 2. The summed E-state index contributed by atoms with van der Waals surface area (Å²) in [6, 6.07) is 18.3. The maximum atomic E-state index is 15.6. The Hall–Kier alpha value is -5.79. The van der Waals surface area contributed by atoms with E-state index in [4.69, 9.17) is 23.8 Å². The second kappa shape index (κ2) is 17.3. The van der Waals surface area contributed by atoms with E-state index in [1.165, 1.54) is 34.1 Å². The van der Waals surface area contributed by atoms with Gasteiger partial charge < -0.3 is 25.0 Å². The standard InChI is InChI=1S/C45H46ClFN10O3S/c1-4-30-20-38-39(52-41(30)58)19-29(24-49-38)27-54-17-15-53(16-18-54)26-28-11-13-55(14-12-28)40-10-6-32(25-50-40)51-42(59)35-9-8-34(22-37(35)47)57-44(61)56(43(60)45(57,2)3)33-7-5-31(23-48)36(46)21-33/h5-10,19-22,24-25,28H,4,11-18,26-27H2,1-3H3,(H,51,59)(H,52,58). The lowest BCUT2D eigenvalue weighted by Gasteiger charge is -2.39. The van der Waals surface area contributed by atoms with Crippen LogP contribution in [0.3, 0.4) is 0 Å². The smallest absolute Gasteiger partial charge is 0.259 e. The van der Waals surface area contributed by atoms with Gasteiger partial charge in [0, 0.05) is 69.8 Å². The van der Waals surface area contributed by atoms with Gasteiger partial charge in [0.05, 0.1) is 44.8 Å². The molecule has 0 radical (unpaired) electrons. The number of pyridine rings is 3. The van der Waals surface area contributed by atoms with E-state index >= 15 is 4.39 Å². The summed E-state index contributed by atoms with van der Waals surface area (Å²) in [5.41, 5.74) is 3.45. The number of carbonyl (C=O) groups is 2. The number of aryl methyl sites for hydroxylation is 1. The second-order valence-corrected chi connectivity index (χ2v) is 17.2. The van der Waals surface area contributed by atoms with E-state index in [9.17, 15) is 19.6 Å². The Morgan fingerprint density at radius 2 is 1.70 bits per heavy atom. The summed E-state index contributed by atoms with van der Waals surface area (Å²) in [4.78, 5) is 61.5. The molecule has 0 spiro atoms. The normalized spacial score (nSPS) is 17.6. The summed E-state index contributed by atoms with van der Waals surface area (Å²) < 4.78 is 15.6. The van der Waals surface area contributed by atoms with Crippen LogP contribution in [0.4, 0.5) is 27.3 Å². The predicted octanol–water partition coefficient (Wildman–Crippen LogP) is 6.75. The van der Waals surface area contributed by atoms with Crippen LogP contribution >= 0.6 is 23.8 Å². The fourth-order valence-corrected chi connectivity index (χ4v) is 9.22. The maximum Gasteiger partial charge on any atom is 0.259 e. The van der Waals surface area contributed by atoms with Crippen molar-refractivity contribution in [3.8, 4) is 6.07 Å². The molecule has 0 bridgehead atoms. The first-order valence-electron chi connectivity index (χ1n) is 20.5. The Labute approximate surface area is 363 Å². The van der Waals surface area contributed by atoms with Crippen molar-refractivity contribution in [3.63, 3.8) is 0 Å². The minimum atomic E-state index is -1.18. The highest BCUT2D eigenvalue weighted by Gasteiger charge is 2.50. The Morgan fingerprint density at radius 1 is 0.967 bits per heavy atom. The van der Waals surface area contributed by atoms with E-state index in [1.807, 2.05) is 31.3 Å². The van der Waals surface area contributed by atoms with Gasteiger partial charge in [0.2, 0.25) is 0 Å². The first-order valence-corrected chi connectivity index (χ1v) is 21.3. The monoisotopic (exact) mass is 860 g/mol. The zero-order chi connectivity index (χ0) is 43.0. The number of anilines is 4. The molecule has 2 N–H and O–H groups in total. The lowest BCUT2D eigenvalue weighted by molar-refractivity contribution is -0.120. The third kappa shape index (κ3) is 8.58. The van der Waals surface area contributed by atoms with Gasteiger partial charge in [-0.1, -0.05) is 18.5 Å². The lowest BCUT2D eigenvalue weighted by Crippen LogP contribution is -2.48. The van der Waals surface area contributed by atoms with Crippen LogP contribution < -0.4 is 25.6 Å². The number of piperazine rings is 1. The fourth-order valence-electron chi connectivity index (χ4n) is 8.48. The van der Waals surface area contributed by atoms with E-state index in [0.29, 0.717) is 29.4 Å². The van der Waals surface area contributed by atoms with Gasteiger partial charge in [-0.15, -0.1) is 0 Å². The van der Waals surface area contributed by atoms with E-state index in [2.05, 4.69) is 41.0 Å². The quantitative estimate of drug-likeness (QED) is 0.144. The lowest BCUT2D eigenvalue weighted by atomic mass is 9.96. The molecule has 3 aliphatic heterocycles. The number of fused-ring (bicyclic) bond motifs is 1. The van der Waals surface area contributed by atoms with E-state index in [0.717, 1.165) is 93.2 Å². The number of amides is 2. The van der Waals surface area contributed by atoms with E-state index < -0.39 is 17.3 Å². The van der Waals surface area contributed by atoms with Gasteiger partial charge in [0.1, 0.15) is 23.2 Å². The summed E-state index contributed by atoms with van der Waals surface area (Å²) in [5.74, 6) is -0.341. The fraction of sp³-hybridized carbons (Fsp3) is 0.356. The molecule has 13 nitrogen and oxygen atoms in total. The summed E-state index contributed by atoms with van der Waals surface area (Å²) in [7, 11) is 0. The number of aromatic amines is 1. The van der Waals surface area contributed by atoms with Gasteiger partial charge in [-0.3, -0.25) is 29.2 Å². The molecule has 16 heteroatoms. The topological polar surface area (TPSA) is 145 Å². The maximum absolute atomic E-state index is 15.6. The second-order valence-electron chi connectivity index (χ2n) is 16.4. The molecule has 0 aliphatic carbocycles. The van der Waals surface area contributed by atoms with Crippen LogP contribution in [0, 0.1) is 23.1 Å². The Morgan fingerprint density at radius 3 is 2.38 bits per heavy atom. The average Bonchev–Trinajstić information content (AvgIpc) is 3.43. The number of hydrogen-bond donors (Lipinski definition) is 2. The molecule has 3 aliphatic rings. The molecule has 6 heterocycles. The number of nitrogens with zero attached hydrogens (tertiary/aromatic N) is 8. The van der Waals surface area contributed by atoms with Crippen LogP contribution in [-0.4, -0.2) is 93.0 Å². The molecule has 0 atom stereocenters. The molecule has 0 saturated carbocycles. The van der Waals surface area contributed by atoms with Gasteiger partial charge in [0.15, 0.2) is 5.11 Å². The zero-order valence-corrected chi connectivity index (χ0v) is 35.8. The Balaban J connectivity index is 0.807. The molecule has 3 saturated heterocycles. The summed E-state index contributed by atoms with van der Waals surface area (Å²) in [6.45, 7) is 13.0. The van der Waals surface area contributed by atoms with Gasteiger partial charge in [-0.25, -0.2) is 9.37 Å². The van der Waals surface area contributed by atoms with Crippen LogP contribution in [0.1, 0.15) is 60.7 Å². The van der Waals surface area contributed by atoms with E-state index in [-0.39, 0.29) is 32.7 Å². The number of rotatable bonds is 10. The molecule has 3 fully saturated rings. The molecule has 2 aromatic carbocycles. The first-order chi connectivity index (χ1) is 29.3. The highest BCUT2D eigenvalue weighted by atomic mass is 35.5. The van der Waals surface area contributed by atoms with Crippen LogP contribution in [-0.2, 0) is 17.8 Å². The number of nitriles is 1. The SMILES string of the molecule is CCc1cc2ncc(CN3CCN(CC4CCN(c5ccc(NC(=O)c6ccc(N7C(=S)N(c8ccc(C#N)c(Cl)c8)C(=O)C7(C)C)cc6F)cn5)CC4)CC3)cc2[nH]c1=O. The molecule has 314 valence electrons. The van der Waals surface area contributed by atoms with Gasteiger partial charge in [-0.05, 0) is 117 Å². The Kier molecular flexibility index (Phi) is 11.9. The van der Waals surface area contributed by atoms with Crippen molar-refractivity contribution in [3.05, 3.63) is 117 Å². The number of benzene rings is 2. The molecular weight excluding hydrogens is 815 g/mol. The number of aromatic nitrogens is 3. The number of H-pyrrole nitrogens is 1. The minimum absolute atomic E-state index is 0.0399. The van der Waals surface area contributed by atoms with Gasteiger partial charge in [0.25, 0.3) is 17.4 Å². The number of halogens is 2. The van der Waals surface area contributed by atoms with Gasteiger partial charge in [-0.2, -0.15) is 5.26 Å². The van der Waals surface area contributed by atoms with Crippen molar-refractivity contribution < 1.29 is 14.0 Å². The van der Waals surface area contributed by atoms with Crippen LogP contribution in [0.25, 0.3) is 11.0 Å². The van der Waals surface area contributed by atoms with Crippen molar-refractivity contribution >= 4 is 74.7 Å². The van der Waals surface area contributed by atoms with E-state index in [1.54, 1.807) is 38.2 Å². The zero-order valence-electron chi connectivity index (χ0n) is 34.3. The summed E-state index contributed by atoms with van der Waals surface area (Å²) in [6.07, 6.45) is 6.31. The number of hydrogen-bond acceptors (Lipinski definition) is 10. The molecule has 2 amide bonds. The minimum Gasteiger partial charge on any atom is -0.357 e. The van der Waals surface area contributed by atoms with Crippen molar-refractivity contribution in [1.82, 2.24) is 24.8 Å². The van der Waals surface area contributed by atoms with Crippen molar-refractivity contribution in [1.29, 1.82) is 5.26 Å². The van der Waals surface area contributed by atoms with Crippen molar-refractivity contribution in [2.75, 3.05) is 65.8 Å². The van der Waals surface area contributed by atoms with Gasteiger partial charge >= 0.3 is 0 Å². The summed E-state index contributed by atoms with van der Waals surface area (Å²) in [5, 5.41) is 12.3. The number of thiocarbonyl (C=S) groups is 1. The van der Waals surface area contributed by atoms with Crippen molar-refractivity contribution in [2.45, 2.75) is 52.1 Å². The third-order valence-electron chi connectivity index (χ3n) is 12.0. The highest BCUT2D eigenvalue weighted by molar-refractivity contribution is 7.81. The number of nitrogens with one attached hydrogen (secondary N) is 2.